The van der Waals surface area contributed by atoms with E-state index in [1.807, 2.05) is 26.0 Å². The van der Waals surface area contributed by atoms with Crippen molar-refractivity contribution >= 4 is 37.6 Å². The number of ether oxygens (including phenoxy) is 1. The van der Waals surface area contributed by atoms with Gasteiger partial charge in [0, 0.05) is 4.47 Å². The first kappa shape index (κ1) is 19.5. The number of benzene rings is 2. The van der Waals surface area contributed by atoms with Gasteiger partial charge < -0.3 is 4.74 Å². The lowest BCUT2D eigenvalue weighted by Gasteiger charge is -2.25. The van der Waals surface area contributed by atoms with Crippen molar-refractivity contribution < 1.29 is 17.9 Å². The van der Waals surface area contributed by atoms with Gasteiger partial charge >= 0.3 is 5.97 Å². The lowest BCUT2D eigenvalue weighted by Crippen LogP contribution is -2.37. The predicted molar refractivity (Wildman–Crippen MR) is 101 cm³/mol. The fourth-order valence-electron chi connectivity index (χ4n) is 2.35. The van der Waals surface area contributed by atoms with Crippen LogP contribution in [0.25, 0.3) is 0 Å². The van der Waals surface area contributed by atoms with Gasteiger partial charge in [-0.05, 0) is 62.2 Å². The molecule has 25 heavy (non-hydrogen) atoms. The van der Waals surface area contributed by atoms with Gasteiger partial charge in [-0.2, -0.15) is 0 Å². The molecule has 2 aromatic rings. The third-order valence-corrected chi connectivity index (χ3v) is 5.92. The molecule has 2 rings (SSSR count). The van der Waals surface area contributed by atoms with Crippen LogP contribution >= 0.6 is 15.9 Å². The molecule has 0 radical (unpaired) electrons. The summed E-state index contributed by atoms with van der Waals surface area (Å²) in [5, 5.41) is 0. The molecular weight excluding hydrogens is 406 g/mol. The first-order chi connectivity index (χ1) is 11.8. The Kier molecular flexibility index (Phi) is 6.24. The molecule has 0 aliphatic heterocycles. The number of hydrogen-bond acceptors (Lipinski definition) is 4. The number of halogens is 1. The highest BCUT2D eigenvalue weighted by atomic mass is 79.9. The Morgan fingerprint density at radius 2 is 1.76 bits per heavy atom. The molecule has 0 unspecified atom stereocenters. The number of rotatable bonds is 6. The Morgan fingerprint density at radius 1 is 1.12 bits per heavy atom. The first-order valence-electron chi connectivity index (χ1n) is 7.77. The van der Waals surface area contributed by atoms with Crippen LogP contribution < -0.4 is 4.31 Å². The van der Waals surface area contributed by atoms with Gasteiger partial charge in [-0.25, -0.2) is 8.42 Å². The molecule has 2 aromatic carbocycles. The van der Waals surface area contributed by atoms with E-state index >= 15 is 0 Å². The molecule has 0 N–H and O–H groups in total. The van der Waals surface area contributed by atoms with Crippen LogP contribution in [-0.2, 0) is 19.6 Å². The van der Waals surface area contributed by atoms with E-state index in [0.717, 1.165) is 19.9 Å². The molecule has 0 aliphatic rings. The van der Waals surface area contributed by atoms with Crippen molar-refractivity contribution in [1.82, 2.24) is 0 Å². The SMILES string of the molecule is CCOC(=O)CN(c1cc(C)ccc1C)S(=O)(=O)c1ccc(Br)cc1. The maximum Gasteiger partial charge on any atom is 0.326 e. The smallest absolute Gasteiger partial charge is 0.326 e. The largest absolute Gasteiger partial charge is 0.465 e. The summed E-state index contributed by atoms with van der Waals surface area (Å²) in [5.74, 6) is -0.593. The minimum atomic E-state index is -3.91. The highest BCUT2D eigenvalue weighted by Gasteiger charge is 2.28. The predicted octanol–water partition coefficient (Wildman–Crippen LogP) is 3.82. The molecule has 0 atom stereocenters. The summed E-state index contributed by atoms with van der Waals surface area (Å²) in [6.45, 7) is 5.18. The lowest BCUT2D eigenvalue weighted by molar-refractivity contribution is -0.141. The second kappa shape index (κ2) is 8.01. The van der Waals surface area contributed by atoms with Gasteiger partial charge in [-0.3, -0.25) is 9.10 Å². The van der Waals surface area contributed by atoms with Gasteiger partial charge in [0.1, 0.15) is 6.54 Å². The van der Waals surface area contributed by atoms with Crippen molar-refractivity contribution in [1.29, 1.82) is 0 Å². The van der Waals surface area contributed by atoms with E-state index in [1.165, 1.54) is 12.1 Å². The van der Waals surface area contributed by atoms with Gasteiger partial charge in [-0.15, -0.1) is 0 Å². The molecule has 5 nitrogen and oxygen atoms in total. The molecule has 134 valence electrons. The maximum absolute atomic E-state index is 13.2. The second-order valence-electron chi connectivity index (χ2n) is 5.56. The molecule has 0 saturated heterocycles. The summed E-state index contributed by atoms with van der Waals surface area (Å²) >= 11 is 3.29. The van der Waals surface area contributed by atoms with Crippen LogP contribution in [0.5, 0.6) is 0 Å². The van der Waals surface area contributed by atoms with E-state index in [9.17, 15) is 13.2 Å². The van der Waals surface area contributed by atoms with Crippen molar-refractivity contribution in [3.05, 3.63) is 58.1 Å². The van der Waals surface area contributed by atoms with Crippen LogP contribution in [0.2, 0.25) is 0 Å². The van der Waals surface area contributed by atoms with Crippen molar-refractivity contribution in [3.8, 4) is 0 Å². The van der Waals surface area contributed by atoms with Crippen LogP contribution in [0.15, 0.2) is 51.8 Å². The van der Waals surface area contributed by atoms with Crippen molar-refractivity contribution in [2.75, 3.05) is 17.5 Å². The summed E-state index contributed by atoms with van der Waals surface area (Å²) in [6.07, 6.45) is 0. The average molecular weight is 426 g/mol. The number of carbonyl (C=O) groups is 1. The third kappa shape index (κ3) is 4.61. The minimum absolute atomic E-state index is 0.112. The molecule has 7 heteroatoms. The molecule has 0 amide bonds. The van der Waals surface area contributed by atoms with Crippen LogP contribution in [0.3, 0.4) is 0 Å². The summed E-state index contributed by atoms with van der Waals surface area (Å²) in [6, 6.07) is 11.8. The van der Waals surface area contributed by atoms with Gasteiger partial charge in [0.2, 0.25) is 0 Å². The lowest BCUT2D eigenvalue weighted by atomic mass is 10.1. The van der Waals surface area contributed by atoms with E-state index in [1.54, 1.807) is 25.1 Å². The third-order valence-electron chi connectivity index (χ3n) is 3.61. The molecule has 0 fully saturated rings. The highest BCUT2D eigenvalue weighted by Crippen LogP contribution is 2.28. The van der Waals surface area contributed by atoms with E-state index < -0.39 is 16.0 Å². The number of carbonyl (C=O) groups excluding carboxylic acids is 1. The summed E-state index contributed by atoms with van der Waals surface area (Å²) < 4.78 is 33.1. The standard InChI is InChI=1S/C18H20BrNO4S/c1-4-24-18(21)12-20(17-11-13(2)5-6-14(17)3)25(22,23)16-9-7-15(19)8-10-16/h5-11H,4,12H2,1-3H3. The van der Waals surface area contributed by atoms with Gasteiger partial charge in [-0.1, -0.05) is 28.1 Å². The van der Waals surface area contributed by atoms with E-state index in [4.69, 9.17) is 4.74 Å². The Bertz CT molecular complexity index is 863. The van der Waals surface area contributed by atoms with E-state index in [-0.39, 0.29) is 18.0 Å². The number of sulfonamides is 1. The van der Waals surface area contributed by atoms with Crippen molar-refractivity contribution in [3.63, 3.8) is 0 Å². The van der Waals surface area contributed by atoms with E-state index in [2.05, 4.69) is 15.9 Å². The molecule has 0 aromatic heterocycles. The first-order valence-corrected chi connectivity index (χ1v) is 10.00. The Balaban J connectivity index is 2.55. The molecule has 0 spiro atoms. The monoisotopic (exact) mass is 425 g/mol. The van der Waals surface area contributed by atoms with Gasteiger partial charge in [0.05, 0.1) is 17.2 Å². The Labute approximate surface area is 156 Å². The number of anilines is 1. The van der Waals surface area contributed by atoms with Crippen molar-refractivity contribution in [2.24, 2.45) is 0 Å². The number of aryl methyl sites for hydroxylation is 2. The normalized spacial score (nSPS) is 11.2. The quantitative estimate of drug-likeness (QED) is 0.659. The second-order valence-corrected chi connectivity index (χ2v) is 8.34. The molecule has 0 saturated carbocycles. The zero-order valence-corrected chi connectivity index (χ0v) is 16.7. The highest BCUT2D eigenvalue weighted by molar-refractivity contribution is 9.10. The number of hydrogen-bond donors (Lipinski definition) is 0. The van der Waals surface area contributed by atoms with Crippen LogP contribution in [0.4, 0.5) is 5.69 Å². The summed E-state index contributed by atoms with van der Waals surface area (Å²) in [7, 11) is -3.91. The fraction of sp³-hybridized carbons (Fsp3) is 0.278. The van der Waals surface area contributed by atoms with Crippen molar-refractivity contribution in [2.45, 2.75) is 25.7 Å². The molecule has 0 heterocycles. The Morgan fingerprint density at radius 3 is 2.36 bits per heavy atom. The van der Waals surface area contributed by atoms with Crippen LogP contribution in [-0.4, -0.2) is 27.5 Å². The topological polar surface area (TPSA) is 63.7 Å². The fourth-order valence-corrected chi connectivity index (χ4v) is 4.08. The number of esters is 1. The van der Waals surface area contributed by atoms with E-state index in [0.29, 0.717) is 5.69 Å². The van der Waals surface area contributed by atoms with Gasteiger partial charge in [0.15, 0.2) is 0 Å². The average Bonchev–Trinajstić information content (AvgIpc) is 2.55. The maximum atomic E-state index is 13.2. The molecular formula is C18H20BrNO4S. The minimum Gasteiger partial charge on any atom is -0.465 e. The summed E-state index contributed by atoms with van der Waals surface area (Å²) in [5.41, 5.74) is 2.13. The van der Waals surface area contributed by atoms with Gasteiger partial charge in [0.25, 0.3) is 10.0 Å². The molecule has 0 aliphatic carbocycles. The zero-order chi connectivity index (χ0) is 18.6. The number of nitrogens with zero attached hydrogens (tertiary/aromatic N) is 1. The summed E-state index contributed by atoms with van der Waals surface area (Å²) in [4.78, 5) is 12.1. The van der Waals surface area contributed by atoms with Crippen LogP contribution in [0, 0.1) is 13.8 Å². The zero-order valence-electron chi connectivity index (χ0n) is 14.3. The molecule has 0 bridgehead atoms. The Hall–Kier alpha value is -1.86. The van der Waals surface area contributed by atoms with Crippen LogP contribution in [0.1, 0.15) is 18.1 Å².